The fourth-order valence-corrected chi connectivity index (χ4v) is 3.48. The maximum absolute atomic E-state index is 11.0. The zero-order valence-corrected chi connectivity index (χ0v) is 18.4. The lowest BCUT2D eigenvalue weighted by Gasteiger charge is -2.31. The third-order valence-electron chi connectivity index (χ3n) is 5.19. The molecule has 3 atom stereocenters. The van der Waals surface area contributed by atoms with E-state index in [9.17, 15) is 5.11 Å². The van der Waals surface area contributed by atoms with Crippen LogP contribution in [0.5, 0.6) is 0 Å². The standard InChI is InChI=1S/C27H33NO4/c28-17-16-26(31-19-23-12-6-2-7-13-23)27(32-20-24-14-8-3-9-15-24)25(29)21-30-18-22-10-4-1-5-11-22/h1-15,25-27,29H,16-21,28H2/t25-,26-,27+/m1/s1. The maximum Gasteiger partial charge on any atom is 0.112 e. The van der Waals surface area contributed by atoms with Crippen LogP contribution in [-0.2, 0) is 34.0 Å². The van der Waals surface area contributed by atoms with Crippen molar-refractivity contribution in [3.05, 3.63) is 108 Å². The molecule has 5 heteroatoms. The molecule has 0 aromatic heterocycles. The van der Waals surface area contributed by atoms with Crippen molar-refractivity contribution in [1.82, 2.24) is 0 Å². The van der Waals surface area contributed by atoms with Crippen molar-refractivity contribution in [2.24, 2.45) is 5.73 Å². The highest BCUT2D eigenvalue weighted by molar-refractivity contribution is 5.15. The normalized spacial score (nSPS) is 14.1. The van der Waals surface area contributed by atoms with Crippen LogP contribution in [0.25, 0.3) is 0 Å². The average Bonchev–Trinajstić information content (AvgIpc) is 2.84. The first-order chi connectivity index (χ1) is 15.8. The van der Waals surface area contributed by atoms with Gasteiger partial charge < -0.3 is 25.1 Å². The van der Waals surface area contributed by atoms with Crippen molar-refractivity contribution in [3.63, 3.8) is 0 Å². The molecule has 0 unspecified atom stereocenters. The molecule has 0 saturated heterocycles. The number of nitrogens with two attached hydrogens (primary N) is 1. The van der Waals surface area contributed by atoms with Crippen LogP contribution in [-0.4, -0.2) is 36.6 Å². The molecule has 3 aromatic rings. The lowest BCUT2D eigenvalue weighted by Crippen LogP contribution is -2.44. The zero-order valence-electron chi connectivity index (χ0n) is 18.4. The Bertz CT molecular complexity index is 861. The molecule has 0 aliphatic heterocycles. The van der Waals surface area contributed by atoms with Gasteiger partial charge in [0.1, 0.15) is 12.2 Å². The van der Waals surface area contributed by atoms with Crippen LogP contribution in [0.3, 0.4) is 0 Å². The first-order valence-electron chi connectivity index (χ1n) is 11.1. The summed E-state index contributed by atoms with van der Waals surface area (Å²) in [5.74, 6) is 0. The number of hydrogen-bond donors (Lipinski definition) is 2. The van der Waals surface area contributed by atoms with E-state index in [1.165, 1.54) is 0 Å². The van der Waals surface area contributed by atoms with E-state index in [0.717, 1.165) is 16.7 Å². The Morgan fingerprint density at radius 2 is 1.12 bits per heavy atom. The van der Waals surface area contributed by atoms with E-state index in [0.29, 0.717) is 32.8 Å². The second-order valence-electron chi connectivity index (χ2n) is 7.74. The van der Waals surface area contributed by atoms with E-state index >= 15 is 0 Å². The summed E-state index contributed by atoms with van der Waals surface area (Å²) in [5, 5.41) is 11.0. The molecule has 3 aromatic carbocycles. The van der Waals surface area contributed by atoms with Crippen LogP contribution in [0.15, 0.2) is 91.0 Å². The van der Waals surface area contributed by atoms with Crippen LogP contribution in [0.1, 0.15) is 23.1 Å². The minimum absolute atomic E-state index is 0.143. The Morgan fingerprint density at radius 3 is 1.62 bits per heavy atom. The van der Waals surface area contributed by atoms with Crippen LogP contribution in [0.2, 0.25) is 0 Å². The minimum Gasteiger partial charge on any atom is -0.388 e. The van der Waals surface area contributed by atoms with E-state index in [1.807, 2.05) is 91.0 Å². The molecule has 5 nitrogen and oxygen atoms in total. The van der Waals surface area contributed by atoms with Gasteiger partial charge in [0.15, 0.2) is 0 Å². The number of benzene rings is 3. The van der Waals surface area contributed by atoms with Gasteiger partial charge in [-0.15, -0.1) is 0 Å². The first kappa shape index (κ1) is 24.1. The van der Waals surface area contributed by atoms with Gasteiger partial charge in [-0.3, -0.25) is 0 Å². The second-order valence-corrected chi connectivity index (χ2v) is 7.74. The molecule has 0 aliphatic rings. The molecule has 0 heterocycles. The Balaban J connectivity index is 1.64. The summed E-state index contributed by atoms with van der Waals surface area (Å²) in [6, 6.07) is 29.7. The molecule has 3 N–H and O–H groups in total. The Kier molecular flexibility index (Phi) is 10.4. The van der Waals surface area contributed by atoms with Gasteiger partial charge >= 0.3 is 0 Å². The molecule has 170 valence electrons. The second kappa shape index (κ2) is 13.8. The predicted octanol–water partition coefficient (Wildman–Crippen LogP) is 4.08. The lowest BCUT2D eigenvalue weighted by atomic mass is 10.0. The van der Waals surface area contributed by atoms with Gasteiger partial charge in [-0.05, 0) is 29.7 Å². The summed E-state index contributed by atoms with van der Waals surface area (Å²) >= 11 is 0. The zero-order chi connectivity index (χ0) is 22.4. The van der Waals surface area contributed by atoms with Crippen molar-refractivity contribution < 1.29 is 19.3 Å². The van der Waals surface area contributed by atoms with Crippen LogP contribution >= 0.6 is 0 Å². The predicted molar refractivity (Wildman–Crippen MR) is 126 cm³/mol. The number of rotatable bonds is 14. The molecule has 0 radical (unpaired) electrons. The number of aliphatic hydroxyl groups is 1. The summed E-state index contributed by atoms with van der Waals surface area (Å²) < 4.78 is 18.2. The number of aliphatic hydroxyl groups excluding tert-OH is 1. The van der Waals surface area contributed by atoms with Crippen molar-refractivity contribution in [2.45, 2.75) is 44.6 Å². The van der Waals surface area contributed by atoms with Crippen LogP contribution < -0.4 is 5.73 Å². The summed E-state index contributed by atoms with van der Waals surface area (Å²) in [7, 11) is 0. The van der Waals surface area contributed by atoms with Crippen molar-refractivity contribution in [3.8, 4) is 0 Å². The summed E-state index contributed by atoms with van der Waals surface area (Å²) in [5.41, 5.74) is 9.02. The van der Waals surface area contributed by atoms with Crippen molar-refractivity contribution in [2.75, 3.05) is 13.2 Å². The van der Waals surface area contributed by atoms with E-state index in [4.69, 9.17) is 19.9 Å². The van der Waals surface area contributed by atoms with Crippen molar-refractivity contribution >= 4 is 0 Å². The van der Waals surface area contributed by atoms with Gasteiger partial charge in [-0.1, -0.05) is 91.0 Å². The smallest absolute Gasteiger partial charge is 0.112 e. The SMILES string of the molecule is NCC[C@@H](OCc1ccccc1)[C@@H](OCc1ccccc1)[C@H](O)COCc1ccccc1. The van der Waals surface area contributed by atoms with Gasteiger partial charge in [0, 0.05) is 0 Å². The molecule has 32 heavy (non-hydrogen) atoms. The molecule has 0 bridgehead atoms. The summed E-state index contributed by atoms with van der Waals surface area (Å²) in [6.45, 7) is 1.80. The van der Waals surface area contributed by atoms with Gasteiger partial charge in [0.05, 0.1) is 32.5 Å². The highest BCUT2D eigenvalue weighted by Gasteiger charge is 2.30. The Morgan fingerprint density at radius 1 is 0.656 bits per heavy atom. The molecular weight excluding hydrogens is 402 g/mol. The first-order valence-corrected chi connectivity index (χ1v) is 11.1. The van der Waals surface area contributed by atoms with E-state index in [1.54, 1.807) is 0 Å². The maximum atomic E-state index is 11.0. The van der Waals surface area contributed by atoms with Gasteiger partial charge in [0.2, 0.25) is 0 Å². The van der Waals surface area contributed by atoms with E-state index in [-0.39, 0.29) is 12.7 Å². The Labute approximate surface area is 190 Å². The Hall–Kier alpha value is -2.54. The van der Waals surface area contributed by atoms with Gasteiger partial charge in [-0.25, -0.2) is 0 Å². The van der Waals surface area contributed by atoms with E-state index in [2.05, 4.69) is 0 Å². The average molecular weight is 436 g/mol. The third kappa shape index (κ3) is 8.19. The van der Waals surface area contributed by atoms with Crippen LogP contribution in [0.4, 0.5) is 0 Å². The molecule has 0 spiro atoms. The fraction of sp³-hybridized carbons (Fsp3) is 0.333. The topological polar surface area (TPSA) is 73.9 Å². The number of hydrogen-bond acceptors (Lipinski definition) is 5. The molecule has 0 fully saturated rings. The molecule has 3 rings (SSSR count). The molecule has 0 saturated carbocycles. The molecule has 0 amide bonds. The highest BCUT2D eigenvalue weighted by Crippen LogP contribution is 2.18. The molecule has 0 aliphatic carbocycles. The minimum atomic E-state index is -0.852. The molecular formula is C27H33NO4. The largest absolute Gasteiger partial charge is 0.388 e. The summed E-state index contributed by atoms with van der Waals surface area (Å²) in [6.07, 6.45) is -1.21. The third-order valence-corrected chi connectivity index (χ3v) is 5.19. The monoisotopic (exact) mass is 435 g/mol. The van der Waals surface area contributed by atoms with Gasteiger partial charge in [0.25, 0.3) is 0 Å². The lowest BCUT2D eigenvalue weighted by molar-refractivity contribution is -0.148. The number of ether oxygens (including phenoxy) is 3. The summed E-state index contributed by atoms with van der Waals surface area (Å²) in [4.78, 5) is 0. The fourth-order valence-electron chi connectivity index (χ4n) is 3.48. The highest BCUT2D eigenvalue weighted by atomic mass is 16.6. The van der Waals surface area contributed by atoms with Crippen molar-refractivity contribution in [1.29, 1.82) is 0 Å². The van der Waals surface area contributed by atoms with Crippen LogP contribution in [0, 0.1) is 0 Å². The van der Waals surface area contributed by atoms with Gasteiger partial charge in [-0.2, -0.15) is 0 Å². The quantitative estimate of drug-likeness (QED) is 0.399. The van der Waals surface area contributed by atoms with E-state index < -0.39 is 12.2 Å².